The number of halogens is 3. The third-order valence-corrected chi connectivity index (χ3v) is 2.88. The van der Waals surface area contributed by atoms with Gasteiger partial charge in [-0.1, -0.05) is 0 Å². The Hall–Kier alpha value is -2.57. The van der Waals surface area contributed by atoms with Crippen LogP contribution in [0, 0.1) is 0 Å². The van der Waals surface area contributed by atoms with E-state index in [1.54, 1.807) is 6.07 Å². The van der Waals surface area contributed by atoms with Gasteiger partial charge in [-0.05, 0) is 30.3 Å². The molecule has 7 heteroatoms. The highest BCUT2D eigenvalue weighted by Gasteiger charge is 2.35. The average molecular weight is 297 g/mol. The summed E-state index contributed by atoms with van der Waals surface area (Å²) in [7, 11) is 0. The van der Waals surface area contributed by atoms with Gasteiger partial charge in [0.25, 0.3) is 0 Å². The van der Waals surface area contributed by atoms with E-state index in [0.717, 1.165) is 6.07 Å². The molecule has 0 spiro atoms. The van der Waals surface area contributed by atoms with E-state index in [4.69, 9.17) is 19.9 Å². The fourth-order valence-corrected chi connectivity index (χ4v) is 1.93. The van der Waals surface area contributed by atoms with Crippen LogP contribution >= 0.6 is 0 Å². The van der Waals surface area contributed by atoms with Crippen LogP contribution in [0.4, 0.5) is 18.9 Å². The van der Waals surface area contributed by atoms with Crippen molar-refractivity contribution in [3.8, 4) is 23.0 Å². The van der Waals surface area contributed by atoms with Gasteiger partial charge in [-0.25, -0.2) is 0 Å². The number of anilines is 1. The summed E-state index contributed by atoms with van der Waals surface area (Å²) in [5.74, 6) is 0.845. The molecule has 1 aliphatic rings. The van der Waals surface area contributed by atoms with E-state index in [2.05, 4.69) is 0 Å². The number of fused-ring (bicyclic) bond motifs is 1. The predicted octanol–water partition coefficient (Wildman–Crippen LogP) is 3.81. The fourth-order valence-electron chi connectivity index (χ4n) is 1.93. The lowest BCUT2D eigenvalue weighted by molar-refractivity contribution is -0.138. The van der Waals surface area contributed by atoms with Gasteiger partial charge >= 0.3 is 6.18 Å². The number of hydrogen-bond donors (Lipinski definition) is 1. The summed E-state index contributed by atoms with van der Waals surface area (Å²) in [5, 5.41) is 0. The lowest BCUT2D eigenvalue weighted by Gasteiger charge is -2.14. The van der Waals surface area contributed by atoms with Crippen LogP contribution in [0.1, 0.15) is 5.56 Å². The maximum absolute atomic E-state index is 13.0. The molecule has 0 radical (unpaired) electrons. The van der Waals surface area contributed by atoms with Crippen molar-refractivity contribution in [3.05, 3.63) is 42.0 Å². The molecular weight excluding hydrogens is 287 g/mol. The second-order valence-electron chi connectivity index (χ2n) is 4.37. The molecule has 0 unspecified atom stereocenters. The molecule has 1 heterocycles. The van der Waals surface area contributed by atoms with Crippen molar-refractivity contribution in [1.29, 1.82) is 0 Å². The van der Waals surface area contributed by atoms with Gasteiger partial charge in [0.05, 0.1) is 0 Å². The first-order chi connectivity index (χ1) is 9.93. The zero-order valence-corrected chi connectivity index (χ0v) is 10.6. The van der Waals surface area contributed by atoms with E-state index in [9.17, 15) is 13.2 Å². The van der Waals surface area contributed by atoms with Crippen LogP contribution in [0.2, 0.25) is 0 Å². The van der Waals surface area contributed by atoms with Crippen LogP contribution in [-0.2, 0) is 6.18 Å². The predicted molar refractivity (Wildman–Crippen MR) is 68.5 cm³/mol. The van der Waals surface area contributed by atoms with E-state index >= 15 is 0 Å². The Bertz CT molecular complexity index is 686. The normalized spacial score (nSPS) is 13.3. The highest BCUT2D eigenvalue weighted by molar-refractivity contribution is 5.52. The second-order valence-corrected chi connectivity index (χ2v) is 4.37. The summed E-state index contributed by atoms with van der Waals surface area (Å²) in [6.07, 6.45) is -4.55. The van der Waals surface area contributed by atoms with Crippen molar-refractivity contribution < 1.29 is 27.4 Å². The molecule has 4 nitrogen and oxygen atoms in total. The van der Waals surface area contributed by atoms with Gasteiger partial charge in [0.1, 0.15) is 17.1 Å². The summed E-state index contributed by atoms with van der Waals surface area (Å²) >= 11 is 0. The molecule has 0 aliphatic carbocycles. The zero-order valence-electron chi connectivity index (χ0n) is 10.6. The molecule has 110 valence electrons. The minimum Gasteiger partial charge on any atom is -0.457 e. The molecule has 0 bridgehead atoms. The maximum Gasteiger partial charge on any atom is 0.420 e. The van der Waals surface area contributed by atoms with Crippen molar-refractivity contribution in [2.24, 2.45) is 0 Å². The van der Waals surface area contributed by atoms with E-state index in [1.807, 2.05) is 0 Å². The topological polar surface area (TPSA) is 53.7 Å². The van der Waals surface area contributed by atoms with E-state index in [-0.39, 0.29) is 24.0 Å². The molecule has 21 heavy (non-hydrogen) atoms. The molecule has 1 aliphatic heterocycles. The minimum atomic E-state index is -4.55. The minimum absolute atomic E-state index is 0.0142. The highest BCUT2D eigenvalue weighted by atomic mass is 19.4. The zero-order chi connectivity index (χ0) is 15.0. The van der Waals surface area contributed by atoms with Gasteiger partial charge < -0.3 is 19.9 Å². The Balaban J connectivity index is 1.95. The van der Waals surface area contributed by atoms with Crippen molar-refractivity contribution in [2.45, 2.75) is 6.18 Å². The first kappa shape index (κ1) is 13.4. The van der Waals surface area contributed by atoms with Gasteiger partial charge in [-0.15, -0.1) is 0 Å². The molecule has 2 N–H and O–H groups in total. The molecule has 0 fully saturated rings. The van der Waals surface area contributed by atoms with Crippen LogP contribution in [0.3, 0.4) is 0 Å². The average Bonchev–Trinajstić information content (AvgIpc) is 2.87. The third-order valence-electron chi connectivity index (χ3n) is 2.88. The number of ether oxygens (including phenoxy) is 3. The molecule has 0 saturated heterocycles. The first-order valence-electron chi connectivity index (χ1n) is 5.98. The molecule has 0 saturated carbocycles. The summed E-state index contributed by atoms with van der Waals surface area (Å²) in [6.45, 7) is 0.0778. The van der Waals surface area contributed by atoms with E-state index < -0.39 is 11.7 Å². The van der Waals surface area contributed by atoms with E-state index in [0.29, 0.717) is 11.5 Å². The fraction of sp³-hybridized carbons (Fsp3) is 0.143. The Morgan fingerprint density at radius 3 is 2.52 bits per heavy atom. The Morgan fingerprint density at radius 1 is 1.00 bits per heavy atom. The number of hydrogen-bond acceptors (Lipinski definition) is 4. The van der Waals surface area contributed by atoms with Gasteiger partial charge in [0.2, 0.25) is 6.79 Å². The Labute approximate surface area is 117 Å². The Morgan fingerprint density at radius 2 is 1.76 bits per heavy atom. The summed E-state index contributed by atoms with van der Waals surface area (Å²) in [5.41, 5.74) is 4.48. The lowest BCUT2D eigenvalue weighted by atomic mass is 10.1. The second kappa shape index (κ2) is 4.76. The lowest BCUT2D eigenvalue weighted by Crippen LogP contribution is -2.08. The van der Waals surface area contributed by atoms with Crippen LogP contribution in [-0.4, -0.2) is 6.79 Å². The van der Waals surface area contributed by atoms with Crippen LogP contribution in [0.15, 0.2) is 36.4 Å². The number of nitrogens with two attached hydrogens (primary N) is 1. The maximum atomic E-state index is 13.0. The monoisotopic (exact) mass is 297 g/mol. The van der Waals surface area contributed by atoms with Crippen LogP contribution < -0.4 is 19.9 Å². The van der Waals surface area contributed by atoms with Gasteiger partial charge in [-0.2, -0.15) is 13.2 Å². The van der Waals surface area contributed by atoms with Gasteiger partial charge in [0.15, 0.2) is 11.5 Å². The molecule has 0 atom stereocenters. The van der Waals surface area contributed by atoms with Gasteiger partial charge in [0, 0.05) is 11.8 Å². The summed E-state index contributed by atoms with van der Waals surface area (Å²) in [6, 6.07) is 7.91. The van der Waals surface area contributed by atoms with Crippen molar-refractivity contribution in [3.63, 3.8) is 0 Å². The highest BCUT2D eigenvalue weighted by Crippen LogP contribution is 2.41. The number of benzene rings is 2. The quantitative estimate of drug-likeness (QED) is 0.856. The number of alkyl halides is 3. The SMILES string of the molecule is Nc1ccc(Oc2ccc3c(c2)OCO3)c(C(F)(F)F)c1. The van der Waals surface area contributed by atoms with Crippen molar-refractivity contribution >= 4 is 5.69 Å². The van der Waals surface area contributed by atoms with Crippen molar-refractivity contribution in [1.82, 2.24) is 0 Å². The molecule has 0 aromatic heterocycles. The molecule has 0 amide bonds. The molecule has 2 aromatic carbocycles. The smallest absolute Gasteiger partial charge is 0.420 e. The standard InChI is InChI=1S/C14H10F3NO3/c15-14(16,17)10-5-8(18)1-3-11(10)21-9-2-4-12-13(6-9)20-7-19-12/h1-6H,7,18H2. The molecule has 2 aromatic rings. The first-order valence-corrected chi connectivity index (χ1v) is 5.98. The number of nitrogen functional groups attached to an aromatic ring is 1. The summed E-state index contributed by atoms with van der Waals surface area (Å²) < 4.78 is 54.5. The van der Waals surface area contributed by atoms with Crippen LogP contribution in [0.25, 0.3) is 0 Å². The largest absolute Gasteiger partial charge is 0.457 e. The third kappa shape index (κ3) is 2.67. The molecule has 3 rings (SSSR count). The summed E-state index contributed by atoms with van der Waals surface area (Å²) in [4.78, 5) is 0. The van der Waals surface area contributed by atoms with Crippen molar-refractivity contribution in [2.75, 3.05) is 12.5 Å². The van der Waals surface area contributed by atoms with E-state index in [1.165, 1.54) is 24.3 Å². The van der Waals surface area contributed by atoms with Crippen LogP contribution in [0.5, 0.6) is 23.0 Å². The number of rotatable bonds is 2. The Kier molecular flexibility index (Phi) is 3.04. The van der Waals surface area contributed by atoms with Gasteiger partial charge in [-0.3, -0.25) is 0 Å². The molecular formula is C14H10F3NO3.